The average Bonchev–Trinajstić information content (AvgIpc) is 3.25. The Morgan fingerprint density at radius 3 is 2.00 bits per heavy atom. The van der Waals surface area contributed by atoms with Crippen molar-refractivity contribution in [2.45, 2.75) is 20.4 Å². The van der Waals surface area contributed by atoms with E-state index in [-0.39, 0.29) is 0 Å². The number of hydrogen-bond acceptors (Lipinski definition) is 3. The number of anilines is 1. The molecule has 0 bridgehead atoms. The molecular formula is C28H24N2S. The lowest BCUT2D eigenvalue weighted by atomic mass is 10.00. The summed E-state index contributed by atoms with van der Waals surface area (Å²) < 4.78 is 1.27. The first-order valence-electron chi connectivity index (χ1n) is 10.5. The van der Waals surface area contributed by atoms with Gasteiger partial charge in [-0.2, -0.15) is 0 Å². The first kappa shape index (κ1) is 19.5. The van der Waals surface area contributed by atoms with Gasteiger partial charge in [0.1, 0.15) is 5.82 Å². The second-order valence-electron chi connectivity index (χ2n) is 7.95. The Bertz CT molecular complexity index is 1320. The molecule has 0 aliphatic heterocycles. The van der Waals surface area contributed by atoms with Crippen molar-refractivity contribution < 1.29 is 0 Å². The minimum Gasteiger partial charge on any atom is -0.365 e. The maximum atomic E-state index is 4.89. The van der Waals surface area contributed by atoms with Crippen LogP contribution in [0, 0.1) is 13.8 Å². The molecule has 0 saturated carbocycles. The predicted molar refractivity (Wildman–Crippen MR) is 134 cm³/mol. The highest BCUT2D eigenvalue weighted by Gasteiger charge is 2.16. The molecular weight excluding hydrogens is 396 g/mol. The SMILES string of the molecule is Cc1ccc(-c2cnc(NCc3ccccc3)c3c(-c4ccc(C)cc4)csc23)cc1. The number of nitrogens with one attached hydrogen (secondary N) is 1. The number of pyridine rings is 1. The summed E-state index contributed by atoms with van der Waals surface area (Å²) >= 11 is 1.79. The molecule has 2 nitrogen and oxygen atoms in total. The minimum atomic E-state index is 0.746. The summed E-state index contributed by atoms with van der Waals surface area (Å²) in [5.74, 6) is 0.937. The molecule has 2 aromatic heterocycles. The highest BCUT2D eigenvalue weighted by atomic mass is 32.1. The van der Waals surface area contributed by atoms with Crippen molar-refractivity contribution in [1.29, 1.82) is 0 Å². The second kappa shape index (κ2) is 8.37. The molecule has 3 aromatic carbocycles. The van der Waals surface area contributed by atoms with Gasteiger partial charge in [-0.15, -0.1) is 11.3 Å². The Labute approximate surface area is 187 Å². The van der Waals surface area contributed by atoms with E-state index in [1.807, 2.05) is 12.3 Å². The van der Waals surface area contributed by atoms with E-state index >= 15 is 0 Å². The molecule has 0 unspecified atom stereocenters. The number of rotatable bonds is 5. The Morgan fingerprint density at radius 2 is 1.35 bits per heavy atom. The minimum absolute atomic E-state index is 0.746. The van der Waals surface area contributed by atoms with Crippen LogP contribution in [0.5, 0.6) is 0 Å². The molecule has 0 spiro atoms. The molecule has 5 aromatic rings. The first-order chi connectivity index (χ1) is 15.2. The number of benzene rings is 3. The Morgan fingerprint density at radius 1 is 0.742 bits per heavy atom. The van der Waals surface area contributed by atoms with Crippen LogP contribution in [0.4, 0.5) is 5.82 Å². The van der Waals surface area contributed by atoms with Crippen LogP contribution >= 0.6 is 11.3 Å². The van der Waals surface area contributed by atoms with Crippen LogP contribution < -0.4 is 5.32 Å². The molecule has 31 heavy (non-hydrogen) atoms. The Balaban J connectivity index is 1.65. The maximum Gasteiger partial charge on any atom is 0.135 e. The van der Waals surface area contributed by atoms with Crippen molar-refractivity contribution >= 4 is 27.2 Å². The lowest BCUT2D eigenvalue weighted by molar-refractivity contribution is 1.12. The molecule has 0 fully saturated rings. The third-order valence-corrected chi connectivity index (χ3v) is 6.64. The summed E-state index contributed by atoms with van der Waals surface area (Å²) in [5.41, 5.74) is 8.62. The molecule has 0 saturated heterocycles. The van der Waals surface area contributed by atoms with Gasteiger partial charge in [0.05, 0.1) is 0 Å². The van der Waals surface area contributed by atoms with Gasteiger partial charge >= 0.3 is 0 Å². The molecule has 0 radical (unpaired) electrons. The topological polar surface area (TPSA) is 24.9 Å². The molecule has 5 rings (SSSR count). The molecule has 0 aliphatic rings. The quantitative estimate of drug-likeness (QED) is 0.313. The molecule has 2 heterocycles. The van der Waals surface area contributed by atoms with Gasteiger partial charge in [0.25, 0.3) is 0 Å². The van der Waals surface area contributed by atoms with Crippen LogP contribution in [0.15, 0.2) is 90.4 Å². The van der Waals surface area contributed by atoms with E-state index in [0.29, 0.717) is 0 Å². The zero-order chi connectivity index (χ0) is 21.2. The highest BCUT2D eigenvalue weighted by Crippen LogP contribution is 2.42. The van der Waals surface area contributed by atoms with E-state index in [0.717, 1.165) is 12.4 Å². The lowest BCUT2D eigenvalue weighted by Crippen LogP contribution is -2.02. The molecule has 3 heteroatoms. The predicted octanol–water partition coefficient (Wildman–Crippen LogP) is 7.86. The van der Waals surface area contributed by atoms with Crippen molar-refractivity contribution in [1.82, 2.24) is 4.98 Å². The summed E-state index contributed by atoms with van der Waals surface area (Å²) in [6.07, 6.45) is 2.01. The lowest BCUT2D eigenvalue weighted by Gasteiger charge is -2.12. The number of aryl methyl sites for hydroxylation is 2. The number of nitrogens with zero attached hydrogens (tertiary/aromatic N) is 1. The standard InChI is InChI=1S/C28H24N2S/c1-19-8-12-22(13-9-19)24-17-30-28(29-16-21-6-4-3-5-7-21)26-25(18-31-27(24)26)23-14-10-20(2)11-15-23/h3-15,17-18H,16H2,1-2H3,(H,29,30). The van der Waals surface area contributed by atoms with Crippen molar-refractivity contribution in [2.75, 3.05) is 5.32 Å². The maximum absolute atomic E-state index is 4.89. The van der Waals surface area contributed by atoms with E-state index in [1.54, 1.807) is 11.3 Å². The summed E-state index contributed by atoms with van der Waals surface area (Å²) in [6.45, 7) is 4.99. The highest BCUT2D eigenvalue weighted by molar-refractivity contribution is 7.18. The Hall–Kier alpha value is -3.43. The zero-order valence-electron chi connectivity index (χ0n) is 17.7. The summed E-state index contributed by atoms with van der Waals surface area (Å²) in [7, 11) is 0. The summed E-state index contributed by atoms with van der Waals surface area (Å²) in [4.78, 5) is 4.89. The van der Waals surface area contributed by atoms with Crippen LogP contribution in [-0.4, -0.2) is 4.98 Å². The van der Waals surface area contributed by atoms with Gasteiger partial charge in [-0.25, -0.2) is 4.98 Å². The smallest absolute Gasteiger partial charge is 0.135 e. The fraction of sp³-hybridized carbons (Fsp3) is 0.107. The fourth-order valence-corrected chi connectivity index (χ4v) is 4.96. The summed E-state index contributed by atoms with van der Waals surface area (Å²) in [5, 5.41) is 7.06. The zero-order valence-corrected chi connectivity index (χ0v) is 18.5. The van der Waals surface area contributed by atoms with Gasteiger partial charge in [-0.3, -0.25) is 0 Å². The number of hydrogen-bond donors (Lipinski definition) is 1. The van der Waals surface area contributed by atoms with Crippen molar-refractivity contribution in [3.63, 3.8) is 0 Å². The number of fused-ring (bicyclic) bond motifs is 1. The second-order valence-corrected chi connectivity index (χ2v) is 8.82. The normalized spacial score (nSPS) is 11.0. The Kier molecular flexibility index (Phi) is 5.27. The fourth-order valence-electron chi connectivity index (χ4n) is 3.84. The van der Waals surface area contributed by atoms with Gasteiger partial charge in [0.15, 0.2) is 0 Å². The average molecular weight is 421 g/mol. The first-order valence-corrected chi connectivity index (χ1v) is 11.4. The van der Waals surface area contributed by atoms with E-state index < -0.39 is 0 Å². The van der Waals surface area contributed by atoms with Gasteiger partial charge < -0.3 is 5.32 Å². The molecule has 0 amide bonds. The number of thiophene rings is 1. The van der Waals surface area contributed by atoms with Gasteiger partial charge in [0, 0.05) is 34.0 Å². The van der Waals surface area contributed by atoms with Crippen LogP contribution in [-0.2, 0) is 6.54 Å². The van der Waals surface area contributed by atoms with Crippen LogP contribution in [0.2, 0.25) is 0 Å². The molecule has 0 aliphatic carbocycles. The van der Waals surface area contributed by atoms with E-state index in [2.05, 4.69) is 97.3 Å². The van der Waals surface area contributed by atoms with Crippen LogP contribution in [0.1, 0.15) is 16.7 Å². The van der Waals surface area contributed by atoms with Crippen molar-refractivity contribution in [3.05, 3.63) is 107 Å². The van der Waals surface area contributed by atoms with Crippen LogP contribution in [0.25, 0.3) is 32.3 Å². The van der Waals surface area contributed by atoms with Crippen LogP contribution in [0.3, 0.4) is 0 Å². The third kappa shape index (κ3) is 3.97. The molecule has 152 valence electrons. The van der Waals surface area contributed by atoms with Gasteiger partial charge in [0.2, 0.25) is 0 Å². The van der Waals surface area contributed by atoms with Gasteiger partial charge in [-0.1, -0.05) is 90.0 Å². The van der Waals surface area contributed by atoms with Crippen molar-refractivity contribution in [2.24, 2.45) is 0 Å². The monoisotopic (exact) mass is 420 g/mol. The van der Waals surface area contributed by atoms with E-state index in [1.165, 1.54) is 49.0 Å². The van der Waals surface area contributed by atoms with E-state index in [4.69, 9.17) is 4.98 Å². The van der Waals surface area contributed by atoms with Crippen molar-refractivity contribution in [3.8, 4) is 22.3 Å². The third-order valence-electron chi connectivity index (χ3n) is 5.62. The molecule has 1 N–H and O–H groups in total. The van der Waals surface area contributed by atoms with Gasteiger partial charge in [-0.05, 0) is 35.9 Å². The van der Waals surface area contributed by atoms with E-state index in [9.17, 15) is 0 Å². The molecule has 0 atom stereocenters. The largest absolute Gasteiger partial charge is 0.365 e. The number of aromatic nitrogens is 1. The summed E-state index contributed by atoms with van der Waals surface area (Å²) in [6, 6.07) is 27.9.